The van der Waals surface area contributed by atoms with E-state index in [1.807, 2.05) is 37.0 Å². The third kappa shape index (κ3) is 3.82. The highest BCUT2D eigenvalue weighted by molar-refractivity contribution is 5.87. The van der Waals surface area contributed by atoms with Crippen LogP contribution in [0.25, 0.3) is 0 Å². The highest BCUT2D eigenvalue weighted by Gasteiger charge is 2.40. The van der Waals surface area contributed by atoms with Crippen molar-refractivity contribution in [2.75, 3.05) is 48.3 Å². The fourth-order valence-corrected chi connectivity index (χ4v) is 2.34. The molecular weight excluding hydrogens is 226 g/mol. The Bertz CT molecular complexity index is 306. The molecule has 1 saturated carbocycles. The maximum atomic E-state index is 12.0. The third-order valence-electron chi connectivity index (χ3n) is 3.87. The minimum Gasteiger partial charge on any atom is -0.340 e. The maximum absolute atomic E-state index is 12.0. The SMILES string of the molecule is CN(C)C/C=C/C(=O)N(C)CC1(N(C)C)CCC1. The number of nitrogens with zero attached hydrogens (tertiary/aromatic N) is 3. The lowest BCUT2D eigenvalue weighted by Crippen LogP contribution is -2.57. The fraction of sp³-hybridized carbons (Fsp3) is 0.786. The van der Waals surface area contributed by atoms with E-state index in [-0.39, 0.29) is 11.4 Å². The van der Waals surface area contributed by atoms with Gasteiger partial charge in [-0.25, -0.2) is 0 Å². The van der Waals surface area contributed by atoms with E-state index >= 15 is 0 Å². The number of likely N-dealkylation sites (N-methyl/N-ethyl adjacent to an activating group) is 3. The van der Waals surface area contributed by atoms with Crippen molar-refractivity contribution < 1.29 is 4.79 Å². The van der Waals surface area contributed by atoms with Gasteiger partial charge in [0.2, 0.25) is 5.91 Å². The van der Waals surface area contributed by atoms with Gasteiger partial charge in [-0.05, 0) is 47.5 Å². The molecule has 4 heteroatoms. The Morgan fingerprint density at radius 1 is 1.17 bits per heavy atom. The van der Waals surface area contributed by atoms with Gasteiger partial charge in [0.05, 0.1) is 0 Å². The monoisotopic (exact) mass is 253 g/mol. The quantitative estimate of drug-likeness (QED) is 0.662. The van der Waals surface area contributed by atoms with Crippen LogP contribution in [0.1, 0.15) is 19.3 Å². The predicted molar refractivity (Wildman–Crippen MR) is 75.6 cm³/mol. The van der Waals surface area contributed by atoms with Crippen LogP contribution in [0, 0.1) is 0 Å². The van der Waals surface area contributed by atoms with Crippen molar-refractivity contribution in [1.29, 1.82) is 0 Å². The van der Waals surface area contributed by atoms with Crippen LogP contribution >= 0.6 is 0 Å². The molecule has 0 aromatic heterocycles. The Labute approximate surface area is 111 Å². The van der Waals surface area contributed by atoms with Gasteiger partial charge in [-0.3, -0.25) is 4.79 Å². The van der Waals surface area contributed by atoms with Crippen molar-refractivity contribution in [3.8, 4) is 0 Å². The molecule has 4 nitrogen and oxygen atoms in total. The zero-order valence-corrected chi connectivity index (χ0v) is 12.4. The van der Waals surface area contributed by atoms with E-state index in [1.54, 1.807) is 6.08 Å². The minimum atomic E-state index is 0.102. The number of hydrogen-bond acceptors (Lipinski definition) is 3. The van der Waals surface area contributed by atoms with Gasteiger partial charge < -0.3 is 14.7 Å². The lowest BCUT2D eigenvalue weighted by Gasteiger charge is -2.49. The van der Waals surface area contributed by atoms with Gasteiger partial charge in [0.1, 0.15) is 0 Å². The van der Waals surface area contributed by atoms with Crippen LogP contribution in [0.15, 0.2) is 12.2 Å². The molecule has 0 N–H and O–H groups in total. The highest BCUT2D eigenvalue weighted by atomic mass is 16.2. The van der Waals surface area contributed by atoms with E-state index in [0.29, 0.717) is 0 Å². The maximum Gasteiger partial charge on any atom is 0.246 e. The summed E-state index contributed by atoms with van der Waals surface area (Å²) >= 11 is 0. The molecule has 0 aromatic rings. The molecule has 0 atom stereocenters. The molecule has 1 fully saturated rings. The Morgan fingerprint density at radius 3 is 2.17 bits per heavy atom. The topological polar surface area (TPSA) is 26.8 Å². The van der Waals surface area contributed by atoms with Crippen LogP contribution < -0.4 is 0 Å². The minimum absolute atomic E-state index is 0.102. The van der Waals surface area contributed by atoms with E-state index in [9.17, 15) is 4.79 Å². The summed E-state index contributed by atoms with van der Waals surface area (Å²) in [6.45, 7) is 1.63. The average molecular weight is 253 g/mol. The van der Waals surface area contributed by atoms with Crippen molar-refractivity contribution in [2.24, 2.45) is 0 Å². The lowest BCUT2D eigenvalue weighted by molar-refractivity contribution is -0.127. The summed E-state index contributed by atoms with van der Waals surface area (Å²) in [6, 6.07) is 0. The van der Waals surface area contributed by atoms with Gasteiger partial charge >= 0.3 is 0 Å². The van der Waals surface area contributed by atoms with Crippen molar-refractivity contribution in [1.82, 2.24) is 14.7 Å². The van der Waals surface area contributed by atoms with Gasteiger partial charge in [-0.2, -0.15) is 0 Å². The van der Waals surface area contributed by atoms with Gasteiger partial charge in [0.25, 0.3) is 0 Å². The molecule has 104 valence electrons. The summed E-state index contributed by atoms with van der Waals surface area (Å²) in [5.41, 5.74) is 0.208. The Morgan fingerprint density at radius 2 is 1.78 bits per heavy atom. The van der Waals surface area contributed by atoms with E-state index in [1.165, 1.54) is 19.3 Å². The second kappa shape index (κ2) is 6.34. The zero-order valence-electron chi connectivity index (χ0n) is 12.4. The average Bonchev–Trinajstić information content (AvgIpc) is 2.21. The molecule has 18 heavy (non-hydrogen) atoms. The molecule has 1 aliphatic rings. The summed E-state index contributed by atoms with van der Waals surface area (Å²) in [5, 5.41) is 0. The fourth-order valence-electron chi connectivity index (χ4n) is 2.34. The first-order chi connectivity index (χ1) is 8.37. The van der Waals surface area contributed by atoms with Crippen LogP contribution in [0.4, 0.5) is 0 Å². The first-order valence-corrected chi connectivity index (χ1v) is 6.61. The van der Waals surface area contributed by atoms with Crippen LogP contribution in [0.2, 0.25) is 0 Å². The zero-order chi connectivity index (χ0) is 13.8. The molecular formula is C14H27N3O. The Kier molecular flexibility index (Phi) is 5.35. The molecule has 1 amide bonds. The first-order valence-electron chi connectivity index (χ1n) is 6.61. The first kappa shape index (κ1) is 15.2. The molecule has 0 heterocycles. The molecule has 1 aliphatic carbocycles. The number of carbonyl (C=O) groups is 1. The van der Waals surface area contributed by atoms with Crippen LogP contribution in [0.5, 0.6) is 0 Å². The van der Waals surface area contributed by atoms with Gasteiger partial charge in [0, 0.05) is 31.8 Å². The highest BCUT2D eigenvalue weighted by Crippen LogP contribution is 2.36. The standard InChI is InChI=1S/C14H27N3O/c1-15(2)11-6-8-13(18)17(5)12-14(16(3)4)9-7-10-14/h6,8H,7,9-12H2,1-5H3/b8-6+. The summed E-state index contributed by atoms with van der Waals surface area (Å²) in [7, 11) is 10.1. The molecule has 0 spiro atoms. The normalized spacial score (nSPS) is 18.4. The summed E-state index contributed by atoms with van der Waals surface area (Å²) in [5.74, 6) is 0.102. The smallest absolute Gasteiger partial charge is 0.246 e. The number of amides is 1. The van der Waals surface area contributed by atoms with Crippen LogP contribution in [-0.4, -0.2) is 74.5 Å². The van der Waals surface area contributed by atoms with Crippen molar-refractivity contribution >= 4 is 5.91 Å². The molecule has 0 radical (unpaired) electrons. The van der Waals surface area contributed by atoms with E-state index in [0.717, 1.165) is 13.1 Å². The van der Waals surface area contributed by atoms with Gasteiger partial charge in [-0.1, -0.05) is 6.08 Å². The van der Waals surface area contributed by atoms with E-state index in [2.05, 4.69) is 19.0 Å². The largest absolute Gasteiger partial charge is 0.340 e. The predicted octanol–water partition coefficient (Wildman–Crippen LogP) is 1.05. The number of hydrogen-bond donors (Lipinski definition) is 0. The molecule has 0 aliphatic heterocycles. The van der Waals surface area contributed by atoms with Crippen LogP contribution in [0.3, 0.4) is 0 Å². The van der Waals surface area contributed by atoms with E-state index in [4.69, 9.17) is 0 Å². The molecule has 0 unspecified atom stereocenters. The number of rotatable bonds is 6. The second-order valence-electron chi connectivity index (χ2n) is 5.83. The van der Waals surface area contributed by atoms with Crippen molar-refractivity contribution in [3.05, 3.63) is 12.2 Å². The lowest BCUT2D eigenvalue weighted by atomic mass is 9.75. The molecule has 0 bridgehead atoms. The molecule has 0 aromatic carbocycles. The summed E-state index contributed by atoms with van der Waals surface area (Å²) in [4.78, 5) is 18.1. The second-order valence-corrected chi connectivity index (χ2v) is 5.83. The van der Waals surface area contributed by atoms with Crippen molar-refractivity contribution in [3.63, 3.8) is 0 Å². The Hall–Kier alpha value is -0.870. The number of carbonyl (C=O) groups excluding carboxylic acids is 1. The van der Waals surface area contributed by atoms with Crippen molar-refractivity contribution in [2.45, 2.75) is 24.8 Å². The van der Waals surface area contributed by atoms with Gasteiger partial charge in [-0.15, -0.1) is 0 Å². The van der Waals surface area contributed by atoms with Crippen LogP contribution in [-0.2, 0) is 4.79 Å². The molecule has 1 rings (SSSR count). The Balaban J connectivity index is 2.47. The van der Waals surface area contributed by atoms with E-state index < -0.39 is 0 Å². The summed E-state index contributed by atoms with van der Waals surface area (Å²) < 4.78 is 0. The summed E-state index contributed by atoms with van der Waals surface area (Å²) in [6.07, 6.45) is 7.26. The van der Waals surface area contributed by atoms with Gasteiger partial charge in [0.15, 0.2) is 0 Å². The molecule has 0 saturated heterocycles. The third-order valence-corrected chi connectivity index (χ3v) is 3.87.